The van der Waals surface area contributed by atoms with Crippen molar-refractivity contribution in [2.24, 2.45) is 0 Å². The first-order chi connectivity index (χ1) is 14.1. The number of amides is 1. The van der Waals surface area contributed by atoms with E-state index in [9.17, 15) is 4.79 Å². The van der Waals surface area contributed by atoms with Crippen LogP contribution in [-0.4, -0.2) is 32.0 Å². The summed E-state index contributed by atoms with van der Waals surface area (Å²) in [5.41, 5.74) is 3.77. The molecule has 7 heteroatoms. The second-order valence-corrected chi connectivity index (χ2v) is 6.89. The van der Waals surface area contributed by atoms with Crippen LogP contribution in [0.1, 0.15) is 29.8 Å². The number of pyridine rings is 1. The molecule has 0 saturated carbocycles. The van der Waals surface area contributed by atoms with Gasteiger partial charge in [-0.3, -0.25) is 4.79 Å². The van der Waals surface area contributed by atoms with Crippen LogP contribution < -0.4 is 10.1 Å². The molecule has 0 fully saturated rings. The summed E-state index contributed by atoms with van der Waals surface area (Å²) in [5.74, 6) is 0.682. The summed E-state index contributed by atoms with van der Waals surface area (Å²) >= 11 is 0. The number of hydrogen-bond donors (Lipinski definition) is 1. The molecule has 146 valence electrons. The van der Waals surface area contributed by atoms with Crippen molar-refractivity contribution >= 4 is 17.1 Å². The molecule has 7 nitrogen and oxygen atoms in total. The van der Waals surface area contributed by atoms with Crippen LogP contribution in [0.3, 0.4) is 0 Å². The maximum absolute atomic E-state index is 12.5. The van der Waals surface area contributed by atoms with Gasteiger partial charge in [0.05, 0.1) is 11.8 Å². The third kappa shape index (κ3) is 4.24. The zero-order valence-corrected chi connectivity index (χ0v) is 16.2. The number of aromatic nitrogens is 4. The number of hydrogen-bond acceptors (Lipinski definition) is 5. The molecule has 29 heavy (non-hydrogen) atoms. The molecule has 0 aliphatic heterocycles. The largest absolute Gasteiger partial charge is 0.491 e. The molecule has 2 aromatic heterocycles. The zero-order chi connectivity index (χ0) is 20.2. The van der Waals surface area contributed by atoms with Crippen molar-refractivity contribution in [3.8, 4) is 11.4 Å². The van der Waals surface area contributed by atoms with Crippen molar-refractivity contribution in [1.29, 1.82) is 0 Å². The molecule has 0 saturated heterocycles. The Bertz CT molecular complexity index is 1120. The summed E-state index contributed by atoms with van der Waals surface area (Å²) in [5, 5.41) is 11.2. The number of benzene rings is 2. The summed E-state index contributed by atoms with van der Waals surface area (Å²) < 4.78 is 7.28. The molecule has 2 heterocycles. The number of carbonyl (C=O) groups is 1. The molecule has 4 rings (SSSR count). The summed E-state index contributed by atoms with van der Waals surface area (Å²) in [6.07, 6.45) is 1.83. The van der Waals surface area contributed by atoms with Crippen molar-refractivity contribution in [1.82, 2.24) is 25.3 Å². The Morgan fingerprint density at radius 2 is 1.83 bits per heavy atom. The van der Waals surface area contributed by atoms with E-state index in [0.717, 1.165) is 22.5 Å². The van der Waals surface area contributed by atoms with Crippen LogP contribution in [0.15, 0.2) is 66.9 Å². The third-order valence-corrected chi connectivity index (χ3v) is 4.33. The van der Waals surface area contributed by atoms with E-state index in [2.05, 4.69) is 20.6 Å². The maximum Gasteiger partial charge on any atom is 0.251 e. The Morgan fingerprint density at radius 1 is 1.07 bits per heavy atom. The van der Waals surface area contributed by atoms with Crippen molar-refractivity contribution in [3.63, 3.8) is 0 Å². The summed E-state index contributed by atoms with van der Waals surface area (Å²) in [6.45, 7) is 4.42. The van der Waals surface area contributed by atoms with E-state index in [1.54, 1.807) is 23.0 Å². The van der Waals surface area contributed by atoms with E-state index < -0.39 is 0 Å². The van der Waals surface area contributed by atoms with Crippen LogP contribution in [0.2, 0.25) is 0 Å². The highest BCUT2D eigenvalue weighted by Gasteiger charge is 2.09. The van der Waals surface area contributed by atoms with Gasteiger partial charge in [-0.2, -0.15) is 4.68 Å². The predicted molar refractivity (Wildman–Crippen MR) is 110 cm³/mol. The third-order valence-electron chi connectivity index (χ3n) is 4.33. The lowest BCUT2D eigenvalue weighted by molar-refractivity contribution is 0.0951. The topological polar surface area (TPSA) is 81.9 Å². The number of nitrogens with one attached hydrogen (secondary N) is 1. The first-order valence-corrected chi connectivity index (χ1v) is 9.41. The van der Waals surface area contributed by atoms with Crippen LogP contribution in [0.25, 0.3) is 16.9 Å². The van der Waals surface area contributed by atoms with Crippen molar-refractivity contribution in [2.45, 2.75) is 26.5 Å². The molecule has 1 amide bonds. The number of fused-ring (bicyclic) bond motifs is 1. The average molecular weight is 387 g/mol. The van der Waals surface area contributed by atoms with Gasteiger partial charge in [-0.15, -0.1) is 5.10 Å². The van der Waals surface area contributed by atoms with Gasteiger partial charge < -0.3 is 10.1 Å². The lowest BCUT2D eigenvalue weighted by atomic mass is 10.1. The highest BCUT2D eigenvalue weighted by atomic mass is 16.5. The fourth-order valence-electron chi connectivity index (χ4n) is 2.94. The molecule has 0 spiro atoms. The predicted octanol–water partition coefficient (Wildman–Crippen LogP) is 3.53. The summed E-state index contributed by atoms with van der Waals surface area (Å²) in [7, 11) is 0. The van der Waals surface area contributed by atoms with Gasteiger partial charge >= 0.3 is 0 Å². The summed E-state index contributed by atoms with van der Waals surface area (Å²) in [6, 6.07) is 18.6. The monoisotopic (exact) mass is 387 g/mol. The fourth-order valence-corrected chi connectivity index (χ4v) is 2.94. The lowest BCUT2D eigenvalue weighted by Gasteiger charge is -2.10. The van der Waals surface area contributed by atoms with E-state index in [4.69, 9.17) is 4.74 Å². The Kier molecular flexibility index (Phi) is 5.20. The van der Waals surface area contributed by atoms with E-state index in [-0.39, 0.29) is 12.0 Å². The quantitative estimate of drug-likeness (QED) is 0.547. The molecule has 0 radical (unpaired) electrons. The van der Waals surface area contributed by atoms with E-state index in [1.165, 1.54) is 0 Å². The smallest absolute Gasteiger partial charge is 0.251 e. The second-order valence-electron chi connectivity index (χ2n) is 6.89. The average Bonchev–Trinajstić information content (AvgIpc) is 3.17. The van der Waals surface area contributed by atoms with Gasteiger partial charge in [0.15, 0.2) is 5.65 Å². The van der Waals surface area contributed by atoms with E-state index >= 15 is 0 Å². The number of rotatable bonds is 6. The van der Waals surface area contributed by atoms with Gasteiger partial charge in [0.1, 0.15) is 11.3 Å². The molecular formula is C22H21N5O2. The lowest BCUT2D eigenvalue weighted by Crippen LogP contribution is -2.22. The molecule has 1 N–H and O–H groups in total. The number of nitrogens with zero attached hydrogens (tertiary/aromatic N) is 4. The highest BCUT2D eigenvalue weighted by molar-refractivity contribution is 5.94. The first kappa shape index (κ1) is 18.6. The summed E-state index contributed by atoms with van der Waals surface area (Å²) in [4.78, 5) is 16.8. The zero-order valence-electron chi connectivity index (χ0n) is 16.2. The van der Waals surface area contributed by atoms with Gasteiger partial charge in [0.2, 0.25) is 0 Å². The molecule has 0 aliphatic rings. The Labute approximate surface area is 168 Å². The van der Waals surface area contributed by atoms with Crippen LogP contribution in [0, 0.1) is 0 Å². The molecule has 0 bridgehead atoms. The molecule has 0 unspecified atom stereocenters. The minimum atomic E-state index is -0.138. The SMILES string of the molecule is CC(C)Oc1ccc(CNC(=O)c2ccc(-n3nnc4cccnc43)cc2)cc1. The molecule has 0 aliphatic carbocycles. The van der Waals surface area contributed by atoms with Crippen LogP contribution >= 0.6 is 0 Å². The molecule has 4 aromatic rings. The van der Waals surface area contributed by atoms with Crippen molar-refractivity contribution in [2.75, 3.05) is 0 Å². The van der Waals surface area contributed by atoms with E-state index in [1.807, 2.05) is 62.4 Å². The number of carbonyl (C=O) groups excluding carboxylic acids is 1. The molecule has 2 aromatic carbocycles. The highest BCUT2D eigenvalue weighted by Crippen LogP contribution is 2.16. The van der Waals surface area contributed by atoms with Crippen LogP contribution in [0.5, 0.6) is 5.75 Å². The maximum atomic E-state index is 12.5. The molecular weight excluding hydrogens is 366 g/mol. The van der Waals surface area contributed by atoms with Crippen molar-refractivity contribution < 1.29 is 9.53 Å². The van der Waals surface area contributed by atoms with Crippen LogP contribution in [0.4, 0.5) is 0 Å². The van der Waals surface area contributed by atoms with Gasteiger partial charge in [0, 0.05) is 18.3 Å². The van der Waals surface area contributed by atoms with Crippen LogP contribution in [-0.2, 0) is 6.54 Å². The Morgan fingerprint density at radius 3 is 2.55 bits per heavy atom. The molecule has 0 atom stereocenters. The standard InChI is InChI=1S/C22H21N5O2/c1-15(2)29-19-11-5-16(6-12-19)14-24-22(28)17-7-9-18(10-8-17)27-21-20(25-26-27)4-3-13-23-21/h3-13,15H,14H2,1-2H3,(H,24,28). The minimum absolute atomic E-state index is 0.134. The van der Waals surface area contributed by atoms with Gasteiger partial charge in [0.25, 0.3) is 5.91 Å². The Hall–Kier alpha value is -3.74. The second kappa shape index (κ2) is 8.10. The normalized spacial score (nSPS) is 11.0. The number of ether oxygens (including phenoxy) is 1. The Balaban J connectivity index is 1.40. The van der Waals surface area contributed by atoms with Gasteiger partial charge in [-0.25, -0.2) is 4.98 Å². The van der Waals surface area contributed by atoms with Crippen molar-refractivity contribution in [3.05, 3.63) is 78.0 Å². The van der Waals surface area contributed by atoms with Gasteiger partial charge in [-0.05, 0) is 67.9 Å². The fraction of sp³-hybridized carbons (Fsp3) is 0.182. The minimum Gasteiger partial charge on any atom is -0.491 e. The van der Waals surface area contributed by atoms with Gasteiger partial charge in [-0.1, -0.05) is 17.3 Å². The van der Waals surface area contributed by atoms with E-state index in [0.29, 0.717) is 17.8 Å². The first-order valence-electron chi connectivity index (χ1n) is 9.41.